The third-order valence-corrected chi connectivity index (χ3v) is 5.57. The van der Waals surface area contributed by atoms with Crippen LogP contribution in [0.5, 0.6) is 0 Å². The fourth-order valence-electron chi connectivity index (χ4n) is 2.84. The van der Waals surface area contributed by atoms with E-state index in [0.717, 1.165) is 11.1 Å². The van der Waals surface area contributed by atoms with Crippen LogP contribution in [0.4, 0.5) is 0 Å². The zero-order chi connectivity index (χ0) is 20.0. The number of nitrogens with zero attached hydrogens (tertiary/aromatic N) is 1. The molecule has 140 valence electrons. The Hall–Kier alpha value is -1.84. The van der Waals surface area contributed by atoms with Crippen molar-refractivity contribution in [2.75, 3.05) is 0 Å². The zero-order valence-corrected chi connectivity index (χ0v) is 18.6. The molecule has 0 fully saturated rings. The van der Waals surface area contributed by atoms with E-state index in [-0.39, 0.29) is 22.7 Å². The molecular weight excluding hydrogens is 472 g/mol. The second-order valence-corrected chi connectivity index (χ2v) is 7.83. The molecule has 0 aliphatic carbocycles. The number of aliphatic hydroxyl groups is 1. The molecule has 1 N–H and O–H groups in total. The molecule has 2 aromatic rings. The maximum absolute atomic E-state index is 13.3. The Bertz CT molecular complexity index is 865. The number of aliphatic hydroxyl groups excluding tert-OH is 1. The van der Waals surface area contributed by atoms with E-state index in [1.54, 1.807) is 29.2 Å². The Kier molecular flexibility index (Phi) is 7.88. The molecule has 0 saturated heterocycles. The van der Waals surface area contributed by atoms with Crippen LogP contribution in [0, 0.1) is 0 Å². The van der Waals surface area contributed by atoms with Crippen molar-refractivity contribution in [2.45, 2.75) is 32.7 Å². The molecule has 0 aromatic heterocycles. The van der Waals surface area contributed by atoms with Crippen LogP contribution >= 0.6 is 0 Å². The van der Waals surface area contributed by atoms with Crippen LogP contribution in [-0.4, -0.2) is 68.0 Å². The predicted octanol–water partition coefficient (Wildman–Crippen LogP) is 2.06. The Balaban J connectivity index is 2.54. The van der Waals surface area contributed by atoms with Gasteiger partial charge in [0.2, 0.25) is 0 Å². The SMILES string of the molecule is CCC(C(O)=[Se])N(C(=O)c1ccccc1)C(=[Se])c1ccccc1CC(C)=O. The summed E-state index contributed by atoms with van der Waals surface area (Å²) in [5, 5.41) is 10.2. The van der Waals surface area contributed by atoms with Crippen molar-refractivity contribution in [3.8, 4) is 0 Å². The van der Waals surface area contributed by atoms with Crippen LogP contribution in [0.15, 0.2) is 54.6 Å². The zero-order valence-electron chi connectivity index (χ0n) is 15.2. The molecule has 27 heavy (non-hydrogen) atoms. The number of hydrogen-bond acceptors (Lipinski definition) is 3. The van der Waals surface area contributed by atoms with Crippen LogP contribution < -0.4 is 0 Å². The normalized spacial score (nSPS) is 11.5. The van der Waals surface area contributed by atoms with Crippen molar-refractivity contribution in [1.29, 1.82) is 0 Å². The number of amides is 1. The summed E-state index contributed by atoms with van der Waals surface area (Å²) in [7, 11) is 0. The van der Waals surface area contributed by atoms with Gasteiger partial charge in [0.05, 0.1) is 0 Å². The van der Waals surface area contributed by atoms with Crippen molar-refractivity contribution in [1.82, 2.24) is 4.90 Å². The number of Topliss-reactive ketones (excluding diaryl/α,β-unsaturated/α-hetero) is 1. The molecule has 0 radical (unpaired) electrons. The van der Waals surface area contributed by atoms with E-state index in [1.807, 2.05) is 37.3 Å². The number of ketones is 1. The summed E-state index contributed by atoms with van der Waals surface area (Å²) in [5.74, 6) is -0.183. The van der Waals surface area contributed by atoms with Crippen molar-refractivity contribution in [3.63, 3.8) is 0 Å². The molecular formula is C21H21NO3Se2. The van der Waals surface area contributed by atoms with Gasteiger partial charge in [-0.25, -0.2) is 0 Å². The van der Waals surface area contributed by atoms with E-state index < -0.39 is 6.04 Å². The minimum absolute atomic E-state index is 0.0404. The van der Waals surface area contributed by atoms with Crippen LogP contribution in [0.3, 0.4) is 0 Å². The average Bonchev–Trinajstić information content (AvgIpc) is 2.65. The van der Waals surface area contributed by atoms with Crippen molar-refractivity contribution in [2.24, 2.45) is 0 Å². The maximum atomic E-state index is 13.3. The Morgan fingerprint density at radius 3 is 2.19 bits per heavy atom. The van der Waals surface area contributed by atoms with Crippen LogP contribution in [0.2, 0.25) is 0 Å². The molecule has 0 aliphatic rings. The monoisotopic (exact) mass is 495 g/mol. The van der Waals surface area contributed by atoms with Gasteiger partial charge in [-0.1, -0.05) is 0 Å². The van der Waals surface area contributed by atoms with Gasteiger partial charge in [0.1, 0.15) is 0 Å². The summed E-state index contributed by atoms with van der Waals surface area (Å²) >= 11 is 5.63. The Labute approximate surface area is 175 Å². The van der Waals surface area contributed by atoms with Crippen LogP contribution in [-0.2, 0) is 11.2 Å². The molecule has 0 saturated carbocycles. The summed E-state index contributed by atoms with van der Waals surface area (Å²) in [6.07, 6.45) is 0.803. The molecule has 1 atom stereocenters. The standard InChI is InChI=1S/C21H21NO3Se2/c1-3-18(21(25)27)22(19(24)15-9-5-4-6-10-15)20(26)17-12-8-7-11-16(17)13-14(2)23/h4-12,18H,3,13H2,1-2H3,(H,25,27). The second kappa shape index (κ2) is 9.91. The molecule has 2 aromatic carbocycles. The third-order valence-electron chi connectivity index (χ3n) is 4.13. The first-order valence-electron chi connectivity index (χ1n) is 8.59. The summed E-state index contributed by atoms with van der Waals surface area (Å²) in [4.78, 5) is 26.5. The van der Waals surface area contributed by atoms with Gasteiger partial charge in [0.15, 0.2) is 0 Å². The molecule has 6 heteroatoms. The van der Waals surface area contributed by atoms with Gasteiger partial charge in [-0.3, -0.25) is 0 Å². The number of rotatable bonds is 8. The van der Waals surface area contributed by atoms with E-state index in [4.69, 9.17) is 0 Å². The summed E-state index contributed by atoms with van der Waals surface area (Å²) in [5.41, 5.74) is 2.13. The Morgan fingerprint density at radius 2 is 1.63 bits per heavy atom. The van der Waals surface area contributed by atoms with Gasteiger partial charge < -0.3 is 0 Å². The van der Waals surface area contributed by atoms with Crippen LogP contribution in [0.1, 0.15) is 41.8 Å². The first-order chi connectivity index (χ1) is 12.9. The molecule has 1 unspecified atom stereocenters. The summed E-state index contributed by atoms with van der Waals surface area (Å²) < 4.78 is 0.618. The van der Waals surface area contributed by atoms with Gasteiger partial charge in [0, 0.05) is 0 Å². The van der Waals surface area contributed by atoms with Gasteiger partial charge in [-0.2, -0.15) is 0 Å². The van der Waals surface area contributed by atoms with Gasteiger partial charge >= 0.3 is 176 Å². The quantitative estimate of drug-likeness (QED) is 0.573. The van der Waals surface area contributed by atoms with Gasteiger partial charge in [-0.05, 0) is 0 Å². The van der Waals surface area contributed by atoms with Crippen molar-refractivity contribution in [3.05, 3.63) is 71.3 Å². The first kappa shape index (κ1) is 21.5. The molecule has 0 aliphatic heterocycles. The molecule has 0 spiro atoms. The van der Waals surface area contributed by atoms with E-state index in [2.05, 4.69) is 31.2 Å². The average molecular weight is 493 g/mol. The second-order valence-electron chi connectivity index (χ2n) is 6.14. The molecule has 0 heterocycles. The molecule has 2 rings (SSSR count). The summed E-state index contributed by atoms with van der Waals surface area (Å²) in [6.45, 7) is 3.44. The van der Waals surface area contributed by atoms with Gasteiger partial charge in [0.25, 0.3) is 0 Å². The first-order valence-corrected chi connectivity index (χ1v) is 10.3. The van der Waals surface area contributed by atoms with Crippen molar-refractivity contribution < 1.29 is 14.7 Å². The Morgan fingerprint density at radius 1 is 1.04 bits per heavy atom. The number of carbonyl (C=O) groups is 2. The number of benzene rings is 2. The van der Waals surface area contributed by atoms with Crippen molar-refractivity contribution >= 4 is 52.0 Å². The van der Waals surface area contributed by atoms with E-state index in [9.17, 15) is 14.7 Å². The fraction of sp³-hybridized carbons (Fsp3) is 0.238. The molecule has 4 nitrogen and oxygen atoms in total. The van der Waals surface area contributed by atoms with Gasteiger partial charge in [-0.15, -0.1) is 0 Å². The number of carbonyl (C=O) groups excluding carboxylic acids is 2. The summed E-state index contributed by atoms with van der Waals surface area (Å²) in [6, 6.07) is 15.9. The fourth-order valence-corrected chi connectivity index (χ4v) is 4.27. The molecule has 1 amide bonds. The minimum atomic E-state index is -0.528. The third kappa shape index (κ3) is 5.33. The topological polar surface area (TPSA) is 57.6 Å². The number of hydrogen-bond donors (Lipinski definition) is 1. The van der Waals surface area contributed by atoms with E-state index in [0.29, 0.717) is 16.5 Å². The van der Waals surface area contributed by atoms with Crippen LogP contribution in [0.25, 0.3) is 0 Å². The van der Waals surface area contributed by atoms with E-state index in [1.165, 1.54) is 6.92 Å². The molecule has 0 bridgehead atoms. The van der Waals surface area contributed by atoms with E-state index >= 15 is 0 Å². The predicted molar refractivity (Wildman–Crippen MR) is 110 cm³/mol.